The fourth-order valence-corrected chi connectivity index (χ4v) is 5.93. The number of aromatic nitrogens is 1. The first-order valence-electron chi connectivity index (χ1n) is 11.4. The van der Waals surface area contributed by atoms with Crippen LogP contribution in [0.3, 0.4) is 0 Å². The number of carbonyl (C=O) groups is 2. The molecule has 1 aliphatic carbocycles. The third-order valence-corrected chi connectivity index (χ3v) is 7.51. The predicted molar refractivity (Wildman–Crippen MR) is 136 cm³/mol. The molecule has 3 aromatic rings. The van der Waals surface area contributed by atoms with Gasteiger partial charge < -0.3 is 19.4 Å². The van der Waals surface area contributed by atoms with Crippen LogP contribution >= 0.6 is 11.3 Å². The van der Waals surface area contributed by atoms with Crippen LogP contribution in [0.4, 0.5) is 5.69 Å². The highest BCUT2D eigenvalue weighted by atomic mass is 32.1. The minimum atomic E-state index is -0.496. The second-order valence-electron chi connectivity index (χ2n) is 8.40. The molecule has 1 N–H and O–H groups in total. The van der Waals surface area contributed by atoms with Crippen LogP contribution in [0.25, 0.3) is 11.1 Å². The fraction of sp³-hybridized carbons (Fsp3) is 0.296. The first-order valence-corrected chi connectivity index (χ1v) is 12.2. The molecular weight excluding hydrogens is 462 g/mol. The van der Waals surface area contributed by atoms with Crippen molar-refractivity contribution in [2.24, 2.45) is 0 Å². The number of thiophene rings is 1. The number of ether oxygens (including phenoxy) is 2. The van der Waals surface area contributed by atoms with Gasteiger partial charge in [-0.1, -0.05) is 0 Å². The minimum Gasteiger partial charge on any atom is -0.497 e. The van der Waals surface area contributed by atoms with Crippen molar-refractivity contribution >= 4 is 35.0 Å². The molecule has 8 heteroatoms. The Kier molecular flexibility index (Phi) is 7.08. The molecule has 1 aromatic carbocycles. The zero-order chi connectivity index (χ0) is 25.1. The Hall–Kier alpha value is -3.83. The van der Waals surface area contributed by atoms with Gasteiger partial charge in [-0.3, -0.25) is 4.79 Å². The first kappa shape index (κ1) is 24.3. The summed E-state index contributed by atoms with van der Waals surface area (Å²) in [4.78, 5) is 26.8. The van der Waals surface area contributed by atoms with Gasteiger partial charge in [-0.2, -0.15) is 5.26 Å². The van der Waals surface area contributed by atoms with E-state index in [0.717, 1.165) is 53.2 Å². The quantitative estimate of drug-likeness (QED) is 0.285. The lowest BCUT2D eigenvalue weighted by Gasteiger charge is -2.12. The minimum absolute atomic E-state index is 0.0141. The summed E-state index contributed by atoms with van der Waals surface area (Å²) in [5.74, 6) is -0.155. The lowest BCUT2D eigenvalue weighted by molar-refractivity contribution is -0.112. The standard InChI is InChI=1S/C27H27N3O4S/c1-16-13-18(14-19(15-28)25(31)29-20-9-11-21(33-3)12-10-20)17(2)30(16)26-24(27(32)34-4)22-7-5-6-8-23(22)35-26/h9-14H,5-8H2,1-4H3,(H,29,31)/b19-14-. The average Bonchev–Trinajstić information content (AvgIpc) is 3.38. The van der Waals surface area contributed by atoms with E-state index < -0.39 is 5.91 Å². The van der Waals surface area contributed by atoms with E-state index in [-0.39, 0.29) is 11.5 Å². The number of hydrogen-bond acceptors (Lipinski definition) is 6. The topological polar surface area (TPSA) is 93.4 Å². The van der Waals surface area contributed by atoms with Gasteiger partial charge in [-0.05, 0) is 87.1 Å². The molecule has 0 saturated heterocycles. The molecule has 0 aliphatic heterocycles. The Bertz CT molecular complexity index is 1360. The van der Waals surface area contributed by atoms with Crippen LogP contribution < -0.4 is 10.1 Å². The number of hydrogen-bond donors (Lipinski definition) is 1. The van der Waals surface area contributed by atoms with E-state index in [0.29, 0.717) is 17.0 Å². The van der Waals surface area contributed by atoms with Crippen LogP contribution in [0.5, 0.6) is 5.75 Å². The van der Waals surface area contributed by atoms with E-state index in [2.05, 4.69) is 5.32 Å². The number of anilines is 1. The molecule has 7 nitrogen and oxygen atoms in total. The summed E-state index contributed by atoms with van der Waals surface area (Å²) in [5, 5.41) is 13.3. The van der Waals surface area contributed by atoms with Crippen molar-refractivity contribution in [2.75, 3.05) is 19.5 Å². The Morgan fingerprint density at radius 3 is 2.51 bits per heavy atom. The van der Waals surface area contributed by atoms with E-state index in [1.807, 2.05) is 30.6 Å². The Morgan fingerprint density at radius 2 is 1.86 bits per heavy atom. The number of methoxy groups -OCH3 is 2. The Labute approximate surface area is 208 Å². The molecule has 0 atom stereocenters. The molecule has 0 saturated carbocycles. The van der Waals surface area contributed by atoms with Gasteiger partial charge in [0.25, 0.3) is 5.91 Å². The van der Waals surface area contributed by atoms with Crippen molar-refractivity contribution in [1.82, 2.24) is 4.57 Å². The first-order chi connectivity index (χ1) is 16.9. The van der Waals surface area contributed by atoms with Gasteiger partial charge in [-0.15, -0.1) is 11.3 Å². The maximum absolute atomic E-state index is 12.8. The number of aryl methyl sites for hydroxylation is 2. The van der Waals surface area contributed by atoms with Crippen molar-refractivity contribution in [2.45, 2.75) is 39.5 Å². The summed E-state index contributed by atoms with van der Waals surface area (Å²) in [6.45, 7) is 3.88. The molecule has 0 fully saturated rings. The third kappa shape index (κ3) is 4.73. The summed E-state index contributed by atoms with van der Waals surface area (Å²) in [6.07, 6.45) is 5.58. The lowest BCUT2D eigenvalue weighted by Crippen LogP contribution is -2.13. The number of nitriles is 1. The third-order valence-electron chi connectivity index (χ3n) is 6.23. The van der Waals surface area contributed by atoms with Crippen molar-refractivity contribution in [3.8, 4) is 16.8 Å². The maximum atomic E-state index is 12.8. The second kappa shape index (κ2) is 10.2. The molecule has 35 heavy (non-hydrogen) atoms. The SMILES string of the molecule is COC(=O)c1c(-n2c(C)cc(/C=C(/C#N)C(=O)Nc3ccc(OC)cc3)c2C)sc2c1CCCC2. The fourth-order valence-electron chi connectivity index (χ4n) is 4.44. The normalized spacial score (nSPS) is 13.1. The highest BCUT2D eigenvalue weighted by molar-refractivity contribution is 7.15. The van der Waals surface area contributed by atoms with E-state index in [9.17, 15) is 14.9 Å². The number of esters is 1. The number of amides is 1. The van der Waals surface area contributed by atoms with Gasteiger partial charge in [0.1, 0.15) is 22.4 Å². The van der Waals surface area contributed by atoms with Gasteiger partial charge >= 0.3 is 5.97 Å². The van der Waals surface area contributed by atoms with Crippen molar-refractivity contribution < 1.29 is 19.1 Å². The Balaban J connectivity index is 1.70. The Morgan fingerprint density at radius 1 is 1.14 bits per heavy atom. The van der Waals surface area contributed by atoms with Gasteiger partial charge in [0, 0.05) is 22.0 Å². The summed E-state index contributed by atoms with van der Waals surface area (Å²) in [6, 6.07) is 10.8. The molecule has 0 radical (unpaired) electrons. The lowest BCUT2D eigenvalue weighted by atomic mass is 9.95. The van der Waals surface area contributed by atoms with Gasteiger partial charge in [0.15, 0.2) is 0 Å². The zero-order valence-electron chi connectivity index (χ0n) is 20.2. The number of nitrogens with zero attached hydrogens (tertiary/aromatic N) is 2. The van der Waals surface area contributed by atoms with Crippen molar-refractivity contribution in [3.63, 3.8) is 0 Å². The summed E-state index contributed by atoms with van der Waals surface area (Å²) in [5.41, 5.74) is 4.76. The largest absolute Gasteiger partial charge is 0.497 e. The zero-order valence-corrected chi connectivity index (χ0v) is 21.0. The molecule has 0 spiro atoms. The van der Waals surface area contributed by atoms with Crippen LogP contribution in [-0.4, -0.2) is 30.7 Å². The van der Waals surface area contributed by atoms with Crippen molar-refractivity contribution in [3.05, 3.63) is 68.9 Å². The summed E-state index contributed by atoms with van der Waals surface area (Å²) >= 11 is 1.62. The molecular formula is C27H27N3O4S. The maximum Gasteiger partial charge on any atom is 0.341 e. The van der Waals surface area contributed by atoms with Crippen LogP contribution in [0, 0.1) is 25.2 Å². The molecule has 180 valence electrons. The van der Waals surface area contributed by atoms with Crippen molar-refractivity contribution in [1.29, 1.82) is 5.26 Å². The number of rotatable bonds is 6. The molecule has 2 heterocycles. The van der Waals surface area contributed by atoms with Gasteiger partial charge in [0.2, 0.25) is 0 Å². The second-order valence-corrected chi connectivity index (χ2v) is 9.48. The van der Waals surface area contributed by atoms with Gasteiger partial charge in [-0.25, -0.2) is 4.79 Å². The number of nitrogens with one attached hydrogen (secondary N) is 1. The molecule has 4 rings (SSSR count). The van der Waals surface area contributed by atoms with Crippen LogP contribution in [-0.2, 0) is 22.4 Å². The summed E-state index contributed by atoms with van der Waals surface area (Å²) < 4.78 is 12.3. The van der Waals surface area contributed by atoms with E-state index in [1.165, 1.54) is 12.0 Å². The van der Waals surface area contributed by atoms with E-state index in [1.54, 1.807) is 48.8 Å². The molecule has 2 aromatic heterocycles. The highest BCUT2D eigenvalue weighted by Crippen LogP contribution is 2.39. The van der Waals surface area contributed by atoms with Crippen LogP contribution in [0.2, 0.25) is 0 Å². The number of fused-ring (bicyclic) bond motifs is 1. The smallest absolute Gasteiger partial charge is 0.341 e. The molecule has 1 amide bonds. The number of benzene rings is 1. The molecule has 0 unspecified atom stereocenters. The monoisotopic (exact) mass is 489 g/mol. The molecule has 0 bridgehead atoms. The van der Waals surface area contributed by atoms with E-state index >= 15 is 0 Å². The van der Waals surface area contributed by atoms with Gasteiger partial charge in [0.05, 0.1) is 19.8 Å². The molecule has 1 aliphatic rings. The summed E-state index contributed by atoms with van der Waals surface area (Å²) in [7, 11) is 2.98. The van der Waals surface area contributed by atoms with Crippen LogP contribution in [0.15, 0.2) is 35.9 Å². The van der Waals surface area contributed by atoms with Crippen LogP contribution in [0.1, 0.15) is 50.6 Å². The average molecular weight is 490 g/mol. The number of carbonyl (C=O) groups excluding carboxylic acids is 2. The van der Waals surface area contributed by atoms with E-state index in [4.69, 9.17) is 9.47 Å². The predicted octanol–water partition coefficient (Wildman–Crippen LogP) is 5.38. The highest BCUT2D eigenvalue weighted by Gasteiger charge is 2.28.